The van der Waals surface area contributed by atoms with Crippen molar-refractivity contribution in [3.05, 3.63) is 17.0 Å². The first-order chi connectivity index (χ1) is 7.52. The Labute approximate surface area is 94.4 Å². The van der Waals surface area contributed by atoms with E-state index in [2.05, 4.69) is 10.5 Å². The van der Waals surface area contributed by atoms with Gasteiger partial charge in [0.15, 0.2) is 0 Å². The van der Waals surface area contributed by atoms with Gasteiger partial charge in [0, 0.05) is 12.1 Å². The number of amides is 1. The minimum Gasteiger partial charge on any atom is -0.361 e. The first-order valence-electron chi connectivity index (χ1n) is 5.52. The van der Waals surface area contributed by atoms with E-state index in [-0.39, 0.29) is 11.4 Å². The van der Waals surface area contributed by atoms with Gasteiger partial charge in [-0.25, -0.2) is 0 Å². The molecule has 0 spiro atoms. The molecule has 2 rings (SSSR count). The number of aryl methyl sites for hydroxylation is 2. The molecule has 1 fully saturated rings. The molecule has 0 unspecified atom stereocenters. The first kappa shape index (κ1) is 11.1. The van der Waals surface area contributed by atoms with Crippen LogP contribution in [0.5, 0.6) is 0 Å². The van der Waals surface area contributed by atoms with Crippen LogP contribution in [0.25, 0.3) is 0 Å². The third-order valence-corrected chi connectivity index (χ3v) is 3.21. The van der Waals surface area contributed by atoms with Crippen LogP contribution in [0.3, 0.4) is 0 Å². The monoisotopic (exact) mass is 223 g/mol. The van der Waals surface area contributed by atoms with E-state index in [0.29, 0.717) is 23.6 Å². The second kappa shape index (κ2) is 3.90. The van der Waals surface area contributed by atoms with E-state index >= 15 is 0 Å². The molecule has 0 atom stereocenters. The van der Waals surface area contributed by atoms with Gasteiger partial charge in [0.2, 0.25) is 0 Å². The summed E-state index contributed by atoms with van der Waals surface area (Å²) in [7, 11) is 0. The highest BCUT2D eigenvalue weighted by molar-refractivity contribution is 5.96. The van der Waals surface area contributed by atoms with Crippen LogP contribution in [-0.2, 0) is 0 Å². The zero-order valence-corrected chi connectivity index (χ0v) is 9.67. The van der Waals surface area contributed by atoms with Crippen LogP contribution in [0.15, 0.2) is 4.52 Å². The Morgan fingerprint density at radius 1 is 1.56 bits per heavy atom. The maximum absolute atomic E-state index is 11.9. The predicted octanol–water partition coefficient (Wildman–Crippen LogP) is 0.903. The largest absolute Gasteiger partial charge is 0.361 e. The van der Waals surface area contributed by atoms with Crippen molar-refractivity contribution in [3.8, 4) is 0 Å². The normalized spacial score (nSPS) is 17.9. The summed E-state index contributed by atoms with van der Waals surface area (Å²) in [6.45, 7) is 4.01. The summed E-state index contributed by atoms with van der Waals surface area (Å²) in [4.78, 5) is 11.9. The van der Waals surface area contributed by atoms with Gasteiger partial charge in [0.05, 0.1) is 5.69 Å². The van der Waals surface area contributed by atoms with Gasteiger partial charge in [-0.1, -0.05) is 5.16 Å². The van der Waals surface area contributed by atoms with Crippen molar-refractivity contribution in [1.29, 1.82) is 0 Å². The van der Waals surface area contributed by atoms with Gasteiger partial charge in [0.25, 0.3) is 5.91 Å². The summed E-state index contributed by atoms with van der Waals surface area (Å²) < 4.78 is 4.95. The average molecular weight is 223 g/mol. The van der Waals surface area contributed by atoms with Crippen molar-refractivity contribution in [2.24, 2.45) is 5.73 Å². The molecule has 0 aromatic carbocycles. The number of nitrogens with zero attached hydrogens (tertiary/aromatic N) is 1. The molecule has 5 nitrogen and oxygen atoms in total. The van der Waals surface area contributed by atoms with Crippen molar-refractivity contribution < 1.29 is 9.32 Å². The summed E-state index contributed by atoms with van der Waals surface area (Å²) >= 11 is 0. The van der Waals surface area contributed by atoms with E-state index in [1.54, 1.807) is 13.8 Å². The minimum absolute atomic E-state index is 0.145. The lowest BCUT2D eigenvalue weighted by Crippen LogP contribution is -2.55. The lowest BCUT2D eigenvalue weighted by Gasteiger charge is -2.38. The SMILES string of the molecule is Cc1noc(C)c1C(=O)NCC1(N)CCC1. The van der Waals surface area contributed by atoms with Crippen LogP contribution in [0.2, 0.25) is 0 Å². The van der Waals surface area contributed by atoms with Crippen molar-refractivity contribution in [3.63, 3.8) is 0 Å². The molecule has 1 saturated carbocycles. The number of nitrogens with one attached hydrogen (secondary N) is 1. The fraction of sp³-hybridized carbons (Fsp3) is 0.636. The molecule has 3 N–H and O–H groups in total. The van der Waals surface area contributed by atoms with Crippen molar-refractivity contribution in [1.82, 2.24) is 10.5 Å². The zero-order valence-electron chi connectivity index (χ0n) is 9.67. The number of carbonyl (C=O) groups excluding carboxylic acids is 1. The molecule has 1 aliphatic rings. The maximum Gasteiger partial charge on any atom is 0.256 e. The van der Waals surface area contributed by atoms with E-state index in [4.69, 9.17) is 10.3 Å². The van der Waals surface area contributed by atoms with Crippen LogP contribution >= 0.6 is 0 Å². The standard InChI is InChI=1S/C11H17N3O2/c1-7-9(8(2)16-14-7)10(15)13-6-11(12)4-3-5-11/h3-6,12H2,1-2H3,(H,13,15). The molecule has 88 valence electrons. The van der Waals surface area contributed by atoms with Crippen molar-refractivity contribution in [2.45, 2.75) is 38.6 Å². The summed E-state index contributed by atoms with van der Waals surface area (Å²) in [6.07, 6.45) is 3.11. The highest BCUT2D eigenvalue weighted by atomic mass is 16.5. The fourth-order valence-corrected chi connectivity index (χ4v) is 1.96. The van der Waals surface area contributed by atoms with Crippen LogP contribution in [0.4, 0.5) is 0 Å². The van der Waals surface area contributed by atoms with E-state index < -0.39 is 0 Å². The Balaban J connectivity index is 1.98. The Bertz CT molecular complexity index is 388. The third kappa shape index (κ3) is 1.95. The second-order valence-electron chi connectivity index (χ2n) is 4.60. The van der Waals surface area contributed by atoms with Crippen LogP contribution in [0, 0.1) is 13.8 Å². The molecule has 0 aliphatic heterocycles. The molecular formula is C11H17N3O2. The van der Waals surface area contributed by atoms with Gasteiger partial charge >= 0.3 is 0 Å². The quantitative estimate of drug-likeness (QED) is 0.797. The predicted molar refractivity (Wildman–Crippen MR) is 59.1 cm³/mol. The summed E-state index contributed by atoms with van der Waals surface area (Å²) in [5, 5.41) is 6.59. The second-order valence-corrected chi connectivity index (χ2v) is 4.60. The molecule has 16 heavy (non-hydrogen) atoms. The molecule has 0 radical (unpaired) electrons. The molecule has 0 saturated heterocycles. The number of aromatic nitrogens is 1. The van der Waals surface area contributed by atoms with Gasteiger partial charge in [-0.05, 0) is 33.1 Å². The molecule has 1 aliphatic carbocycles. The lowest BCUT2D eigenvalue weighted by molar-refractivity contribution is 0.0927. The van der Waals surface area contributed by atoms with Crippen LogP contribution < -0.4 is 11.1 Å². The summed E-state index contributed by atoms with van der Waals surface area (Å²) in [6, 6.07) is 0. The number of rotatable bonds is 3. The van der Waals surface area contributed by atoms with Gasteiger partial charge in [-0.3, -0.25) is 4.79 Å². The van der Waals surface area contributed by atoms with Gasteiger partial charge < -0.3 is 15.6 Å². The van der Waals surface area contributed by atoms with Gasteiger partial charge in [-0.15, -0.1) is 0 Å². The van der Waals surface area contributed by atoms with Gasteiger partial charge in [0.1, 0.15) is 11.3 Å². The number of hydrogen-bond donors (Lipinski definition) is 2. The van der Waals surface area contributed by atoms with E-state index in [1.807, 2.05) is 0 Å². The summed E-state index contributed by atoms with van der Waals surface area (Å²) in [5.74, 6) is 0.405. The van der Waals surface area contributed by atoms with Crippen LogP contribution in [-0.4, -0.2) is 23.1 Å². The molecular weight excluding hydrogens is 206 g/mol. The Morgan fingerprint density at radius 2 is 2.25 bits per heavy atom. The number of nitrogens with two attached hydrogens (primary N) is 1. The van der Waals surface area contributed by atoms with Crippen molar-refractivity contribution >= 4 is 5.91 Å². The Hall–Kier alpha value is -1.36. The first-order valence-corrected chi connectivity index (χ1v) is 5.52. The molecule has 1 aromatic heterocycles. The summed E-state index contributed by atoms with van der Waals surface area (Å²) in [5.41, 5.74) is 6.98. The van der Waals surface area contributed by atoms with Gasteiger partial charge in [-0.2, -0.15) is 0 Å². The highest BCUT2D eigenvalue weighted by Gasteiger charge is 2.33. The van der Waals surface area contributed by atoms with E-state index in [0.717, 1.165) is 19.3 Å². The lowest BCUT2D eigenvalue weighted by atomic mass is 9.78. The Kier molecular flexibility index (Phi) is 2.71. The topological polar surface area (TPSA) is 81.2 Å². The van der Waals surface area contributed by atoms with Crippen LogP contribution in [0.1, 0.15) is 41.1 Å². The fourth-order valence-electron chi connectivity index (χ4n) is 1.96. The average Bonchev–Trinajstić information content (AvgIpc) is 2.52. The maximum atomic E-state index is 11.9. The Morgan fingerprint density at radius 3 is 2.69 bits per heavy atom. The third-order valence-electron chi connectivity index (χ3n) is 3.21. The molecule has 1 amide bonds. The molecule has 5 heteroatoms. The molecule has 1 heterocycles. The minimum atomic E-state index is -0.200. The number of carbonyl (C=O) groups is 1. The highest BCUT2D eigenvalue weighted by Crippen LogP contribution is 2.28. The molecule has 1 aromatic rings. The number of hydrogen-bond acceptors (Lipinski definition) is 4. The molecule has 0 bridgehead atoms. The smallest absolute Gasteiger partial charge is 0.256 e. The van der Waals surface area contributed by atoms with E-state index in [9.17, 15) is 4.79 Å². The van der Waals surface area contributed by atoms with Crippen molar-refractivity contribution in [2.75, 3.05) is 6.54 Å². The zero-order chi connectivity index (χ0) is 11.8. The van der Waals surface area contributed by atoms with E-state index in [1.165, 1.54) is 0 Å².